The van der Waals surface area contributed by atoms with Gasteiger partial charge < -0.3 is 9.64 Å². The number of ether oxygens (including phenoxy) is 1. The molecule has 2 rings (SSSR count). The molecular formula is C16H20ClNO3. The van der Waals surface area contributed by atoms with E-state index in [4.69, 9.17) is 16.3 Å². The summed E-state index contributed by atoms with van der Waals surface area (Å²) in [4.78, 5) is 25.5. The first kappa shape index (κ1) is 15.8. The molecule has 114 valence electrons. The number of rotatable bonds is 4. The number of piperidine rings is 1. The maximum atomic E-state index is 12.0. The largest absolute Gasteiger partial charge is 0.455 e. The molecule has 1 saturated heterocycles. The van der Waals surface area contributed by atoms with Gasteiger partial charge in [0.1, 0.15) is 0 Å². The molecular weight excluding hydrogens is 290 g/mol. The van der Waals surface area contributed by atoms with Gasteiger partial charge in [0.2, 0.25) is 0 Å². The maximum Gasteiger partial charge on any atom is 0.310 e. The van der Waals surface area contributed by atoms with Crippen LogP contribution in [-0.2, 0) is 20.7 Å². The highest BCUT2D eigenvalue weighted by Crippen LogP contribution is 2.15. The van der Waals surface area contributed by atoms with Crippen molar-refractivity contribution in [3.05, 3.63) is 34.9 Å². The second kappa shape index (κ2) is 7.46. The molecule has 1 heterocycles. The van der Waals surface area contributed by atoms with Crippen molar-refractivity contribution in [2.45, 2.75) is 26.2 Å². The zero-order valence-corrected chi connectivity index (χ0v) is 12.9. The Balaban J connectivity index is 1.75. The fourth-order valence-corrected chi connectivity index (χ4v) is 2.60. The number of carbonyl (C=O) groups is 2. The van der Waals surface area contributed by atoms with Gasteiger partial charge >= 0.3 is 5.97 Å². The van der Waals surface area contributed by atoms with Crippen LogP contribution in [0.1, 0.15) is 25.3 Å². The average Bonchev–Trinajstić information content (AvgIpc) is 2.47. The van der Waals surface area contributed by atoms with Crippen LogP contribution in [0.5, 0.6) is 0 Å². The van der Waals surface area contributed by atoms with Crippen molar-refractivity contribution in [2.24, 2.45) is 5.92 Å². The van der Waals surface area contributed by atoms with Gasteiger partial charge in [-0.25, -0.2) is 0 Å². The van der Waals surface area contributed by atoms with Crippen molar-refractivity contribution >= 4 is 23.5 Å². The van der Waals surface area contributed by atoms with Crippen LogP contribution in [-0.4, -0.2) is 36.5 Å². The normalized spacial score (nSPS) is 18.4. The molecule has 0 radical (unpaired) electrons. The quantitative estimate of drug-likeness (QED) is 0.803. The molecule has 0 bridgehead atoms. The van der Waals surface area contributed by atoms with E-state index in [-0.39, 0.29) is 18.9 Å². The number of benzene rings is 1. The number of esters is 1. The highest BCUT2D eigenvalue weighted by Gasteiger charge is 2.21. The van der Waals surface area contributed by atoms with Gasteiger partial charge in [0.25, 0.3) is 5.91 Å². The Hall–Kier alpha value is -1.55. The molecule has 5 heteroatoms. The third-order valence-corrected chi connectivity index (χ3v) is 3.88. The van der Waals surface area contributed by atoms with Crippen molar-refractivity contribution in [3.63, 3.8) is 0 Å². The smallest absolute Gasteiger partial charge is 0.310 e. The first-order valence-electron chi connectivity index (χ1n) is 7.22. The van der Waals surface area contributed by atoms with Crippen LogP contribution in [0.25, 0.3) is 0 Å². The lowest BCUT2D eigenvalue weighted by molar-refractivity contribution is -0.152. The zero-order chi connectivity index (χ0) is 15.2. The molecule has 0 aliphatic carbocycles. The monoisotopic (exact) mass is 309 g/mol. The minimum absolute atomic E-state index is 0.106. The predicted octanol–water partition coefficient (Wildman–Crippen LogP) is 2.68. The molecule has 21 heavy (non-hydrogen) atoms. The molecule has 1 atom stereocenters. The third-order valence-electron chi connectivity index (χ3n) is 3.63. The van der Waals surface area contributed by atoms with E-state index in [0.29, 0.717) is 10.9 Å². The Morgan fingerprint density at radius 3 is 2.71 bits per heavy atom. The number of halogens is 1. The summed E-state index contributed by atoms with van der Waals surface area (Å²) >= 11 is 5.78. The summed E-state index contributed by atoms with van der Waals surface area (Å²) in [5.41, 5.74) is 0.823. The molecule has 0 unspecified atom stereocenters. The second-order valence-electron chi connectivity index (χ2n) is 5.55. The van der Waals surface area contributed by atoms with Gasteiger partial charge in [-0.05, 0) is 36.5 Å². The highest BCUT2D eigenvalue weighted by molar-refractivity contribution is 6.30. The first-order valence-corrected chi connectivity index (χ1v) is 7.60. The van der Waals surface area contributed by atoms with Crippen LogP contribution in [0.3, 0.4) is 0 Å². The maximum absolute atomic E-state index is 12.0. The average molecular weight is 310 g/mol. The number of hydrogen-bond acceptors (Lipinski definition) is 3. The van der Waals surface area contributed by atoms with Crippen molar-refractivity contribution < 1.29 is 14.3 Å². The van der Waals surface area contributed by atoms with Gasteiger partial charge in [0.15, 0.2) is 6.61 Å². The van der Waals surface area contributed by atoms with Gasteiger partial charge in [0.05, 0.1) is 6.42 Å². The van der Waals surface area contributed by atoms with E-state index in [1.165, 1.54) is 0 Å². The van der Waals surface area contributed by atoms with E-state index in [1.54, 1.807) is 29.2 Å². The van der Waals surface area contributed by atoms with E-state index in [1.807, 2.05) is 0 Å². The zero-order valence-electron chi connectivity index (χ0n) is 12.2. The third kappa shape index (κ3) is 5.05. The summed E-state index contributed by atoms with van der Waals surface area (Å²) in [5.74, 6) is 0.0224. The van der Waals surface area contributed by atoms with Crippen LogP contribution < -0.4 is 0 Å². The summed E-state index contributed by atoms with van der Waals surface area (Å²) in [7, 11) is 0. The molecule has 0 aromatic heterocycles. The molecule has 1 aromatic rings. The summed E-state index contributed by atoms with van der Waals surface area (Å²) in [6, 6.07) is 7.00. The Morgan fingerprint density at radius 2 is 2.05 bits per heavy atom. The van der Waals surface area contributed by atoms with Gasteiger partial charge in [-0.2, -0.15) is 0 Å². The number of nitrogens with zero attached hydrogens (tertiary/aromatic N) is 1. The lowest BCUT2D eigenvalue weighted by Crippen LogP contribution is -2.41. The number of amides is 1. The van der Waals surface area contributed by atoms with Crippen molar-refractivity contribution in [1.82, 2.24) is 4.90 Å². The van der Waals surface area contributed by atoms with E-state index in [2.05, 4.69) is 6.92 Å². The summed E-state index contributed by atoms with van der Waals surface area (Å²) in [6.45, 7) is 3.48. The van der Waals surface area contributed by atoms with Crippen LogP contribution in [0.4, 0.5) is 0 Å². The standard InChI is InChI=1S/C16H20ClNO3/c1-12-3-2-8-18(10-12)15(19)11-21-16(20)9-13-4-6-14(17)7-5-13/h4-7,12H,2-3,8-11H2,1H3/t12-/m1/s1. The Morgan fingerprint density at radius 1 is 1.33 bits per heavy atom. The van der Waals surface area contributed by atoms with E-state index < -0.39 is 5.97 Å². The topological polar surface area (TPSA) is 46.6 Å². The number of likely N-dealkylation sites (tertiary alicyclic amines) is 1. The summed E-state index contributed by atoms with van der Waals surface area (Å²) in [5, 5.41) is 0.626. The van der Waals surface area contributed by atoms with Crippen LogP contribution in [0.2, 0.25) is 5.02 Å². The van der Waals surface area contributed by atoms with Crippen LogP contribution in [0, 0.1) is 5.92 Å². The number of hydrogen-bond donors (Lipinski definition) is 0. The molecule has 0 saturated carbocycles. The lowest BCUT2D eigenvalue weighted by atomic mass is 10.0. The molecule has 4 nitrogen and oxygen atoms in total. The predicted molar refractivity (Wildman–Crippen MR) is 81.1 cm³/mol. The molecule has 1 aliphatic heterocycles. The minimum atomic E-state index is -0.393. The summed E-state index contributed by atoms with van der Waals surface area (Å²) in [6.07, 6.45) is 2.33. The highest BCUT2D eigenvalue weighted by atomic mass is 35.5. The fraction of sp³-hybridized carbons (Fsp3) is 0.500. The van der Waals surface area contributed by atoms with Gasteiger partial charge in [0, 0.05) is 18.1 Å². The first-order chi connectivity index (χ1) is 10.0. The molecule has 0 N–H and O–H groups in total. The fourth-order valence-electron chi connectivity index (χ4n) is 2.47. The Kier molecular flexibility index (Phi) is 5.62. The molecule has 1 aromatic carbocycles. The van der Waals surface area contributed by atoms with Crippen molar-refractivity contribution in [1.29, 1.82) is 0 Å². The van der Waals surface area contributed by atoms with Crippen LogP contribution >= 0.6 is 11.6 Å². The van der Waals surface area contributed by atoms with Gasteiger partial charge in [-0.15, -0.1) is 0 Å². The molecule has 0 spiro atoms. The summed E-state index contributed by atoms with van der Waals surface area (Å²) < 4.78 is 5.06. The van der Waals surface area contributed by atoms with E-state index in [9.17, 15) is 9.59 Å². The van der Waals surface area contributed by atoms with Crippen molar-refractivity contribution in [3.8, 4) is 0 Å². The molecule has 1 fully saturated rings. The van der Waals surface area contributed by atoms with Gasteiger partial charge in [-0.1, -0.05) is 30.7 Å². The van der Waals surface area contributed by atoms with E-state index >= 15 is 0 Å². The minimum Gasteiger partial charge on any atom is -0.455 e. The second-order valence-corrected chi connectivity index (χ2v) is 5.99. The Bertz CT molecular complexity index is 501. The van der Waals surface area contributed by atoms with Crippen molar-refractivity contribution in [2.75, 3.05) is 19.7 Å². The number of carbonyl (C=O) groups excluding carboxylic acids is 2. The lowest BCUT2D eigenvalue weighted by Gasteiger charge is -2.30. The van der Waals surface area contributed by atoms with Gasteiger partial charge in [-0.3, -0.25) is 9.59 Å². The molecule has 1 amide bonds. The molecule has 1 aliphatic rings. The van der Waals surface area contributed by atoms with E-state index in [0.717, 1.165) is 31.5 Å². The van der Waals surface area contributed by atoms with Crippen LogP contribution in [0.15, 0.2) is 24.3 Å². The Labute approximate surface area is 130 Å². The SMILES string of the molecule is C[C@@H]1CCCN(C(=O)COC(=O)Cc2ccc(Cl)cc2)C1.